The normalized spacial score (nSPS) is 10.7. The van der Waals surface area contributed by atoms with Crippen molar-refractivity contribution < 1.29 is 9.90 Å². The predicted octanol–water partition coefficient (Wildman–Crippen LogP) is 2.80. The number of hydrogen-bond donors (Lipinski definition) is 1. The first kappa shape index (κ1) is 14.2. The Morgan fingerprint density at radius 3 is 2.45 bits per heavy atom. The van der Waals surface area contributed by atoms with Crippen LogP contribution in [0.15, 0.2) is 48.7 Å². The zero-order chi connectivity index (χ0) is 14.4. The number of rotatable bonds is 6. The number of aromatic nitrogens is 1. The number of hydrogen-bond acceptors (Lipinski definition) is 3. The van der Waals surface area contributed by atoms with Gasteiger partial charge in [0.25, 0.3) is 0 Å². The molecule has 0 bridgehead atoms. The molecule has 0 saturated carbocycles. The lowest BCUT2D eigenvalue weighted by atomic mass is 10.2. The fourth-order valence-corrected chi connectivity index (χ4v) is 1.99. The summed E-state index contributed by atoms with van der Waals surface area (Å²) in [5.74, 6) is -0.944. The average molecular weight is 270 g/mol. The monoisotopic (exact) mass is 270 g/mol. The highest BCUT2D eigenvalue weighted by Gasteiger charge is 2.07. The fourth-order valence-electron chi connectivity index (χ4n) is 1.99. The maximum absolute atomic E-state index is 10.8. The molecule has 20 heavy (non-hydrogen) atoms. The second kappa shape index (κ2) is 6.82. The molecule has 0 aliphatic heterocycles. The molecule has 0 atom stereocenters. The van der Waals surface area contributed by atoms with Crippen molar-refractivity contribution in [3.05, 3.63) is 65.5 Å². The first-order valence-electron chi connectivity index (χ1n) is 6.63. The predicted molar refractivity (Wildman–Crippen MR) is 77.4 cm³/mol. The molecule has 2 aromatic rings. The Kier molecular flexibility index (Phi) is 4.85. The molecule has 0 spiro atoms. The maximum atomic E-state index is 10.8. The minimum absolute atomic E-state index is 0.222. The summed E-state index contributed by atoms with van der Waals surface area (Å²) >= 11 is 0. The van der Waals surface area contributed by atoms with Crippen LogP contribution in [0.2, 0.25) is 0 Å². The molecule has 0 aliphatic carbocycles. The summed E-state index contributed by atoms with van der Waals surface area (Å²) in [5, 5.41) is 8.85. The van der Waals surface area contributed by atoms with Gasteiger partial charge in [-0.15, -0.1) is 0 Å². The van der Waals surface area contributed by atoms with Crippen LogP contribution in [-0.4, -0.2) is 27.5 Å². The first-order valence-corrected chi connectivity index (χ1v) is 6.63. The number of carbonyl (C=O) groups is 1. The van der Waals surface area contributed by atoms with E-state index in [9.17, 15) is 4.79 Å². The van der Waals surface area contributed by atoms with E-state index in [-0.39, 0.29) is 5.56 Å². The summed E-state index contributed by atoms with van der Waals surface area (Å²) in [6.45, 7) is 4.59. The molecule has 104 valence electrons. The largest absolute Gasteiger partial charge is 0.478 e. The Morgan fingerprint density at radius 1 is 1.15 bits per heavy atom. The molecule has 1 N–H and O–H groups in total. The molecular weight excluding hydrogens is 252 g/mol. The number of nitrogens with zero attached hydrogens (tertiary/aromatic N) is 2. The lowest BCUT2D eigenvalue weighted by molar-refractivity contribution is 0.0696. The highest BCUT2D eigenvalue weighted by molar-refractivity contribution is 5.87. The smallest absolute Gasteiger partial charge is 0.337 e. The van der Waals surface area contributed by atoms with E-state index in [4.69, 9.17) is 5.11 Å². The molecule has 0 aliphatic rings. The molecule has 0 amide bonds. The number of carboxylic acids is 1. The highest BCUT2D eigenvalue weighted by Crippen LogP contribution is 2.09. The Labute approximate surface area is 118 Å². The van der Waals surface area contributed by atoms with E-state index < -0.39 is 5.97 Å². The van der Waals surface area contributed by atoms with Gasteiger partial charge in [-0.05, 0) is 24.2 Å². The van der Waals surface area contributed by atoms with Gasteiger partial charge in [0.1, 0.15) is 0 Å². The minimum atomic E-state index is -0.944. The molecule has 0 saturated heterocycles. The van der Waals surface area contributed by atoms with E-state index in [1.165, 1.54) is 11.8 Å². The maximum Gasteiger partial charge on any atom is 0.337 e. The van der Waals surface area contributed by atoms with Gasteiger partial charge in [-0.3, -0.25) is 9.88 Å². The quantitative estimate of drug-likeness (QED) is 0.877. The number of carboxylic acid groups (broad SMARTS) is 1. The molecule has 0 unspecified atom stereocenters. The summed E-state index contributed by atoms with van der Waals surface area (Å²) in [4.78, 5) is 17.3. The van der Waals surface area contributed by atoms with Gasteiger partial charge in [0.05, 0.1) is 11.3 Å². The van der Waals surface area contributed by atoms with Gasteiger partial charge in [-0.25, -0.2) is 4.79 Å². The Hall–Kier alpha value is -2.20. The number of pyridine rings is 1. The van der Waals surface area contributed by atoms with Crippen LogP contribution in [0.4, 0.5) is 0 Å². The molecule has 1 aromatic carbocycles. The molecule has 2 rings (SSSR count). The summed E-state index contributed by atoms with van der Waals surface area (Å²) in [7, 11) is 0. The van der Waals surface area contributed by atoms with Crippen molar-refractivity contribution in [2.24, 2.45) is 0 Å². The topological polar surface area (TPSA) is 53.4 Å². The van der Waals surface area contributed by atoms with Crippen LogP contribution in [0.5, 0.6) is 0 Å². The Morgan fingerprint density at radius 2 is 1.90 bits per heavy atom. The molecule has 4 heteroatoms. The van der Waals surface area contributed by atoms with Crippen LogP contribution >= 0.6 is 0 Å². The van der Waals surface area contributed by atoms with Gasteiger partial charge in [0.15, 0.2) is 0 Å². The van der Waals surface area contributed by atoms with Crippen molar-refractivity contribution in [1.82, 2.24) is 9.88 Å². The SMILES string of the molecule is CCN(Cc1ccccc1)Cc1ccc(C(=O)O)cn1. The van der Waals surface area contributed by atoms with Crippen molar-refractivity contribution in [2.75, 3.05) is 6.54 Å². The van der Waals surface area contributed by atoms with Crippen molar-refractivity contribution in [3.63, 3.8) is 0 Å². The molecule has 1 aromatic heterocycles. The highest BCUT2D eigenvalue weighted by atomic mass is 16.4. The number of aromatic carboxylic acids is 1. The van der Waals surface area contributed by atoms with Gasteiger partial charge in [-0.2, -0.15) is 0 Å². The van der Waals surface area contributed by atoms with Crippen LogP contribution in [0, 0.1) is 0 Å². The van der Waals surface area contributed by atoms with E-state index in [1.807, 2.05) is 18.2 Å². The third kappa shape index (κ3) is 3.90. The lowest BCUT2D eigenvalue weighted by Gasteiger charge is -2.20. The molecular formula is C16H18N2O2. The van der Waals surface area contributed by atoms with Crippen LogP contribution < -0.4 is 0 Å². The lowest BCUT2D eigenvalue weighted by Crippen LogP contribution is -2.22. The average Bonchev–Trinajstić information content (AvgIpc) is 2.48. The van der Waals surface area contributed by atoms with E-state index in [0.29, 0.717) is 6.54 Å². The van der Waals surface area contributed by atoms with E-state index in [0.717, 1.165) is 18.8 Å². The summed E-state index contributed by atoms with van der Waals surface area (Å²) in [6.07, 6.45) is 1.41. The van der Waals surface area contributed by atoms with Gasteiger partial charge < -0.3 is 5.11 Å². The molecule has 1 heterocycles. The fraction of sp³-hybridized carbons (Fsp3) is 0.250. The number of benzene rings is 1. The van der Waals surface area contributed by atoms with Crippen molar-refractivity contribution >= 4 is 5.97 Å². The Balaban J connectivity index is 2.01. The minimum Gasteiger partial charge on any atom is -0.478 e. The van der Waals surface area contributed by atoms with Gasteiger partial charge >= 0.3 is 5.97 Å². The van der Waals surface area contributed by atoms with E-state index >= 15 is 0 Å². The van der Waals surface area contributed by atoms with Crippen LogP contribution in [0.25, 0.3) is 0 Å². The molecule has 0 radical (unpaired) electrons. The molecule has 0 fully saturated rings. The molecule has 4 nitrogen and oxygen atoms in total. The van der Waals surface area contributed by atoms with Gasteiger partial charge in [0.2, 0.25) is 0 Å². The van der Waals surface area contributed by atoms with Crippen molar-refractivity contribution in [2.45, 2.75) is 20.0 Å². The second-order valence-electron chi connectivity index (χ2n) is 4.63. The van der Waals surface area contributed by atoms with Crippen LogP contribution in [0.1, 0.15) is 28.5 Å². The third-order valence-corrected chi connectivity index (χ3v) is 3.15. The van der Waals surface area contributed by atoms with Gasteiger partial charge in [-0.1, -0.05) is 37.3 Å². The summed E-state index contributed by atoms with van der Waals surface area (Å²) in [6, 6.07) is 13.6. The van der Waals surface area contributed by atoms with Crippen LogP contribution in [0.3, 0.4) is 0 Å². The Bertz CT molecular complexity index is 552. The van der Waals surface area contributed by atoms with E-state index in [2.05, 4.69) is 28.9 Å². The summed E-state index contributed by atoms with van der Waals surface area (Å²) in [5.41, 5.74) is 2.36. The third-order valence-electron chi connectivity index (χ3n) is 3.15. The second-order valence-corrected chi connectivity index (χ2v) is 4.63. The van der Waals surface area contributed by atoms with E-state index in [1.54, 1.807) is 12.1 Å². The van der Waals surface area contributed by atoms with Crippen LogP contribution in [-0.2, 0) is 13.1 Å². The standard InChI is InChI=1S/C16H18N2O2/c1-2-18(11-13-6-4-3-5-7-13)12-15-9-8-14(10-17-15)16(19)20/h3-10H,2,11-12H2,1H3,(H,19,20). The van der Waals surface area contributed by atoms with Crippen molar-refractivity contribution in [1.29, 1.82) is 0 Å². The first-order chi connectivity index (χ1) is 9.69. The van der Waals surface area contributed by atoms with Gasteiger partial charge in [0, 0.05) is 19.3 Å². The van der Waals surface area contributed by atoms with Crippen molar-refractivity contribution in [3.8, 4) is 0 Å². The zero-order valence-electron chi connectivity index (χ0n) is 11.5. The zero-order valence-corrected chi connectivity index (χ0v) is 11.5. The summed E-state index contributed by atoms with van der Waals surface area (Å²) < 4.78 is 0.